The van der Waals surface area contributed by atoms with Crippen LogP contribution in [0.2, 0.25) is 0 Å². The predicted octanol–water partition coefficient (Wildman–Crippen LogP) is 1.78. The van der Waals surface area contributed by atoms with Crippen LogP contribution in [0.4, 0.5) is 5.69 Å². The summed E-state index contributed by atoms with van der Waals surface area (Å²) in [7, 11) is 1.76. The summed E-state index contributed by atoms with van der Waals surface area (Å²) in [6.45, 7) is 0.679. The first-order chi connectivity index (χ1) is 9.54. The van der Waals surface area contributed by atoms with E-state index in [0.29, 0.717) is 25.8 Å². The van der Waals surface area contributed by atoms with E-state index in [1.54, 1.807) is 12.1 Å². The first-order valence-electron chi connectivity index (χ1n) is 6.92. The number of hydrogen-bond acceptors (Lipinski definition) is 3. The molecule has 5 nitrogen and oxygen atoms in total. The number of carbonyl (C=O) groups excluding carboxylic acids is 1. The molecular weight excluding hydrogens is 256 g/mol. The molecule has 2 aliphatic rings. The molecule has 1 aliphatic carbocycles. The highest BCUT2D eigenvalue weighted by Crippen LogP contribution is 2.44. The average Bonchev–Trinajstić information content (AvgIpc) is 2.69. The van der Waals surface area contributed by atoms with Gasteiger partial charge in [-0.25, -0.2) is 0 Å². The summed E-state index contributed by atoms with van der Waals surface area (Å²) < 4.78 is 0. The smallest absolute Gasteiger partial charge is 0.314 e. The van der Waals surface area contributed by atoms with Crippen molar-refractivity contribution in [1.29, 1.82) is 0 Å². The summed E-state index contributed by atoms with van der Waals surface area (Å²) >= 11 is 0. The van der Waals surface area contributed by atoms with Gasteiger partial charge in [0, 0.05) is 20.0 Å². The van der Waals surface area contributed by atoms with E-state index < -0.39 is 11.4 Å². The number of anilines is 1. The minimum absolute atomic E-state index is 0.107. The molecule has 1 amide bonds. The second-order valence-electron chi connectivity index (χ2n) is 5.58. The van der Waals surface area contributed by atoms with Crippen LogP contribution in [0.1, 0.15) is 31.2 Å². The van der Waals surface area contributed by atoms with E-state index in [9.17, 15) is 14.7 Å². The summed E-state index contributed by atoms with van der Waals surface area (Å²) in [5, 5.41) is 13.0. The molecule has 106 valence electrons. The normalized spacial score (nSPS) is 20.9. The molecule has 0 radical (unpaired) electrons. The van der Waals surface area contributed by atoms with Gasteiger partial charge in [0.2, 0.25) is 5.91 Å². The standard InChI is InChI=1S/C15H18N2O3/c1-16-13(18)7-10-17(16)12-5-3-11(4-6-12)15(14(19)20)8-2-9-15/h3-6H,2,7-10H2,1H3,(H,19,20). The molecule has 3 rings (SSSR count). The van der Waals surface area contributed by atoms with Crippen LogP contribution in [0.3, 0.4) is 0 Å². The van der Waals surface area contributed by atoms with Crippen molar-refractivity contribution in [3.8, 4) is 0 Å². The molecular formula is C15H18N2O3. The molecule has 1 saturated heterocycles. The maximum absolute atomic E-state index is 11.5. The van der Waals surface area contributed by atoms with Gasteiger partial charge in [0.05, 0.1) is 11.1 Å². The fraction of sp³-hybridized carbons (Fsp3) is 0.467. The largest absolute Gasteiger partial charge is 0.481 e. The molecule has 5 heteroatoms. The third-order valence-corrected chi connectivity index (χ3v) is 4.59. The van der Waals surface area contributed by atoms with E-state index in [2.05, 4.69) is 0 Å². The molecule has 1 aromatic carbocycles. The van der Waals surface area contributed by atoms with Gasteiger partial charge in [0.15, 0.2) is 0 Å². The zero-order valence-corrected chi connectivity index (χ0v) is 11.5. The number of carboxylic acids is 1. The van der Waals surface area contributed by atoms with Crippen LogP contribution >= 0.6 is 0 Å². The van der Waals surface area contributed by atoms with E-state index >= 15 is 0 Å². The van der Waals surface area contributed by atoms with Crippen molar-refractivity contribution in [2.24, 2.45) is 0 Å². The Labute approximate surface area is 117 Å². The zero-order valence-electron chi connectivity index (χ0n) is 11.5. The maximum Gasteiger partial charge on any atom is 0.314 e. The minimum Gasteiger partial charge on any atom is -0.481 e. The number of hydrazine groups is 1. The van der Waals surface area contributed by atoms with Crippen molar-refractivity contribution < 1.29 is 14.7 Å². The van der Waals surface area contributed by atoms with Crippen molar-refractivity contribution in [3.05, 3.63) is 29.8 Å². The van der Waals surface area contributed by atoms with E-state index in [1.807, 2.05) is 29.3 Å². The average molecular weight is 274 g/mol. The lowest BCUT2D eigenvalue weighted by Gasteiger charge is -2.38. The van der Waals surface area contributed by atoms with Gasteiger partial charge in [-0.05, 0) is 30.5 Å². The molecule has 0 unspecified atom stereocenters. The molecule has 0 spiro atoms. The Kier molecular flexibility index (Phi) is 2.92. The van der Waals surface area contributed by atoms with E-state index in [1.165, 1.54) is 0 Å². The fourth-order valence-corrected chi connectivity index (χ4v) is 3.06. The van der Waals surface area contributed by atoms with Crippen molar-refractivity contribution >= 4 is 17.6 Å². The van der Waals surface area contributed by atoms with Crippen LogP contribution in [-0.2, 0) is 15.0 Å². The highest BCUT2D eigenvalue weighted by Gasteiger charge is 2.45. The molecule has 1 aliphatic heterocycles. The van der Waals surface area contributed by atoms with Gasteiger partial charge in [0.25, 0.3) is 0 Å². The second kappa shape index (κ2) is 4.51. The molecule has 1 N–H and O–H groups in total. The number of carboxylic acid groups (broad SMARTS) is 1. The topological polar surface area (TPSA) is 60.9 Å². The SMILES string of the molecule is CN1C(=O)CCN1c1ccc(C2(C(=O)O)CCC2)cc1. The summed E-state index contributed by atoms with van der Waals surface area (Å²) in [5.74, 6) is -0.625. The van der Waals surface area contributed by atoms with E-state index in [4.69, 9.17) is 0 Å². The number of rotatable bonds is 3. The number of aliphatic carboxylic acids is 1. The predicted molar refractivity (Wildman–Crippen MR) is 74.3 cm³/mol. The Hall–Kier alpha value is -2.04. The first-order valence-corrected chi connectivity index (χ1v) is 6.92. The van der Waals surface area contributed by atoms with Crippen LogP contribution in [0.15, 0.2) is 24.3 Å². The lowest BCUT2D eigenvalue weighted by atomic mass is 9.64. The Balaban J connectivity index is 1.85. The summed E-state index contributed by atoms with van der Waals surface area (Å²) in [4.78, 5) is 23.0. The second-order valence-corrected chi connectivity index (χ2v) is 5.58. The monoisotopic (exact) mass is 274 g/mol. The van der Waals surface area contributed by atoms with Gasteiger partial charge < -0.3 is 5.11 Å². The Morgan fingerprint density at radius 1 is 1.25 bits per heavy atom. The Morgan fingerprint density at radius 2 is 1.90 bits per heavy atom. The number of amides is 1. The van der Waals surface area contributed by atoms with Crippen LogP contribution in [-0.4, -0.2) is 35.6 Å². The third-order valence-electron chi connectivity index (χ3n) is 4.59. The number of benzene rings is 1. The zero-order chi connectivity index (χ0) is 14.3. The maximum atomic E-state index is 11.5. The minimum atomic E-state index is -0.732. The molecule has 2 fully saturated rings. The van der Waals surface area contributed by atoms with Crippen molar-refractivity contribution in [2.45, 2.75) is 31.1 Å². The van der Waals surface area contributed by atoms with Crippen LogP contribution in [0.25, 0.3) is 0 Å². The molecule has 0 aromatic heterocycles. The van der Waals surface area contributed by atoms with Crippen molar-refractivity contribution in [3.63, 3.8) is 0 Å². The molecule has 1 heterocycles. The van der Waals surface area contributed by atoms with Gasteiger partial charge in [-0.15, -0.1) is 0 Å². The van der Waals surface area contributed by atoms with Crippen LogP contribution < -0.4 is 5.01 Å². The van der Waals surface area contributed by atoms with Gasteiger partial charge >= 0.3 is 5.97 Å². The van der Waals surface area contributed by atoms with Gasteiger partial charge in [-0.2, -0.15) is 0 Å². The molecule has 1 aromatic rings. The summed E-state index contributed by atoms with van der Waals surface area (Å²) in [6, 6.07) is 7.60. The van der Waals surface area contributed by atoms with E-state index in [0.717, 1.165) is 17.7 Å². The van der Waals surface area contributed by atoms with Gasteiger partial charge in [-0.1, -0.05) is 18.6 Å². The number of hydrogen-bond donors (Lipinski definition) is 1. The summed E-state index contributed by atoms with van der Waals surface area (Å²) in [5.41, 5.74) is 1.11. The highest BCUT2D eigenvalue weighted by atomic mass is 16.4. The van der Waals surface area contributed by atoms with Crippen molar-refractivity contribution in [2.75, 3.05) is 18.6 Å². The number of carbonyl (C=O) groups is 2. The Morgan fingerprint density at radius 3 is 2.30 bits per heavy atom. The first kappa shape index (κ1) is 13.0. The quantitative estimate of drug-likeness (QED) is 0.912. The van der Waals surface area contributed by atoms with Gasteiger partial charge in [-0.3, -0.25) is 19.6 Å². The van der Waals surface area contributed by atoms with Crippen molar-refractivity contribution in [1.82, 2.24) is 5.01 Å². The fourth-order valence-electron chi connectivity index (χ4n) is 3.06. The van der Waals surface area contributed by atoms with Crippen LogP contribution in [0.5, 0.6) is 0 Å². The van der Waals surface area contributed by atoms with Gasteiger partial charge in [0.1, 0.15) is 0 Å². The molecule has 20 heavy (non-hydrogen) atoms. The Bertz CT molecular complexity index is 549. The lowest BCUT2D eigenvalue weighted by Crippen LogP contribution is -2.42. The van der Waals surface area contributed by atoms with Crippen LogP contribution in [0, 0.1) is 0 Å². The molecule has 1 saturated carbocycles. The summed E-state index contributed by atoms with van der Waals surface area (Å²) in [6.07, 6.45) is 2.92. The number of nitrogens with zero attached hydrogens (tertiary/aromatic N) is 2. The third kappa shape index (κ3) is 1.77. The lowest BCUT2D eigenvalue weighted by molar-refractivity contribution is -0.147. The molecule has 0 atom stereocenters. The highest BCUT2D eigenvalue weighted by molar-refractivity contribution is 5.83. The van der Waals surface area contributed by atoms with E-state index in [-0.39, 0.29) is 5.91 Å². The molecule has 0 bridgehead atoms.